The second kappa shape index (κ2) is 10.3. The van der Waals surface area contributed by atoms with Gasteiger partial charge < -0.3 is 15.7 Å². The van der Waals surface area contributed by atoms with E-state index in [9.17, 15) is 19.1 Å². The first-order valence-corrected chi connectivity index (χ1v) is 11.6. The summed E-state index contributed by atoms with van der Waals surface area (Å²) in [6.45, 7) is 8.74. The van der Waals surface area contributed by atoms with E-state index in [2.05, 4.69) is 16.6 Å². The highest BCUT2D eigenvalue weighted by atomic mass is 19.1. The predicted octanol–water partition coefficient (Wildman–Crippen LogP) is 5.56. The van der Waals surface area contributed by atoms with Gasteiger partial charge in [-0.2, -0.15) is 5.26 Å². The Bertz CT molecular complexity index is 1380. The monoisotopic (exact) mass is 487 g/mol. The van der Waals surface area contributed by atoms with Crippen molar-refractivity contribution in [2.45, 2.75) is 32.7 Å². The van der Waals surface area contributed by atoms with Crippen molar-refractivity contribution < 1.29 is 13.9 Å². The third kappa shape index (κ3) is 4.97. The molecule has 1 saturated heterocycles. The van der Waals surface area contributed by atoms with Gasteiger partial charge in [-0.25, -0.2) is 13.8 Å². The Morgan fingerprint density at radius 1 is 1.17 bits per heavy atom. The number of pyridine rings is 1. The van der Waals surface area contributed by atoms with Gasteiger partial charge in [-0.1, -0.05) is 6.07 Å². The average molecular weight is 488 g/mol. The quantitative estimate of drug-likeness (QED) is 0.460. The molecule has 36 heavy (non-hydrogen) atoms. The molecule has 8 heteroatoms. The number of aliphatic imine (C=N–C) groups is 1. The first-order chi connectivity index (χ1) is 17.2. The summed E-state index contributed by atoms with van der Waals surface area (Å²) in [5, 5.41) is 19.9. The van der Waals surface area contributed by atoms with Gasteiger partial charge in [0.15, 0.2) is 0 Å². The predicted molar refractivity (Wildman–Crippen MR) is 138 cm³/mol. The van der Waals surface area contributed by atoms with Crippen LogP contribution in [0.5, 0.6) is 5.75 Å². The summed E-state index contributed by atoms with van der Waals surface area (Å²) in [5.41, 5.74) is 10.2. The molecule has 3 aromatic rings. The minimum Gasteiger partial charge on any atom is -0.506 e. The number of allylic oxidation sites excluding steroid dienone is 1. The van der Waals surface area contributed by atoms with Crippen LogP contribution in [0.4, 0.5) is 14.5 Å². The molecule has 2 heterocycles. The molecule has 0 radical (unpaired) electrons. The van der Waals surface area contributed by atoms with Crippen molar-refractivity contribution in [2.24, 2.45) is 10.7 Å². The molecule has 4 rings (SSSR count). The van der Waals surface area contributed by atoms with Gasteiger partial charge >= 0.3 is 0 Å². The normalized spacial score (nSPS) is 14.8. The van der Waals surface area contributed by atoms with Gasteiger partial charge in [0.25, 0.3) is 0 Å². The lowest BCUT2D eigenvalue weighted by Gasteiger charge is -2.35. The van der Waals surface area contributed by atoms with Gasteiger partial charge in [-0.3, -0.25) is 4.99 Å². The van der Waals surface area contributed by atoms with Gasteiger partial charge in [0.2, 0.25) is 0 Å². The van der Waals surface area contributed by atoms with Crippen molar-refractivity contribution in [2.75, 3.05) is 13.1 Å². The molecular formula is C28H27F2N5O. The van der Waals surface area contributed by atoms with E-state index in [4.69, 9.17) is 10.7 Å². The minimum atomic E-state index is -0.666. The number of hydrogen-bond donors (Lipinski definition) is 2. The second-order valence-electron chi connectivity index (χ2n) is 9.00. The van der Waals surface area contributed by atoms with Gasteiger partial charge in [0.05, 0.1) is 22.6 Å². The molecule has 0 aliphatic carbocycles. The Morgan fingerprint density at radius 2 is 1.86 bits per heavy atom. The van der Waals surface area contributed by atoms with Crippen LogP contribution in [0.2, 0.25) is 0 Å². The lowest BCUT2D eigenvalue weighted by Crippen LogP contribution is -2.39. The van der Waals surface area contributed by atoms with E-state index < -0.39 is 5.82 Å². The molecule has 0 saturated carbocycles. The summed E-state index contributed by atoms with van der Waals surface area (Å²) in [6.07, 6.45) is 1.54. The van der Waals surface area contributed by atoms with Crippen molar-refractivity contribution in [1.29, 1.82) is 5.26 Å². The number of hydrogen-bond acceptors (Lipinski definition) is 6. The zero-order valence-electron chi connectivity index (χ0n) is 20.2. The fourth-order valence-corrected chi connectivity index (χ4v) is 4.56. The molecule has 0 atom stereocenters. The Balaban J connectivity index is 1.98. The van der Waals surface area contributed by atoms with Crippen molar-refractivity contribution in [1.82, 2.24) is 9.88 Å². The van der Waals surface area contributed by atoms with Crippen molar-refractivity contribution in [3.8, 4) is 23.1 Å². The zero-order valence-corrected chi connectivity index (χ0v) is 20.2. The van der Waals surface area contributed by atoms with E-state index >= 15 is 0 Å². The SMILES string of the molecule is C=Nc1ccc(-c2cc(F)cc(C#N)c2O)nc1/C(=C(\C)c1cc(C)cc(F)c1)N1CCC(N)CC1. The van der Waals surface area contributed by atoms with Crippen molar-refractivity contribution >= 4 is 23.7 Å². The lowest BCUT2D eigenvalue weighted by molar-refractivity contribution is 0.299. The van der Waals surface area contributed by atoms with Gasteiger partial charge in [-0.15, -0.1) is 0 Å². The third-order valence-electron chi connectivity index (χ3n) is 6.43. The molecule has 0 spiro atoms. The molecule has 0 unspecified atom stereocenters. The minimum absolute atomic E-state index is 0.0858. The van der Waals surface area contributed by atoms with Crippen LogP contribution >= 0.6 is 0 Å². The number of aryl methyl sites for hydroxylation is 1. The number of aromatic nitrogens is 1. The van der Waals surface area contributed by atoms with Gasteiger partial charge in [-0.05, 0) is 86.5 Å². The summed E-state index contributed by atoms with van der Waals surface area (Å²) in [6, 6.07) is 12.1. The summed E-state index contributed by atoms with van der Waals surface area (Å²) in [5.74, 6) is -1.37. The molecule has 0 amide bonds. The van der Waals surface area contributed by atoms with Crippen molar-refractivity contribution in [3.05, 3.63) is 76.5 Å². The molecule has 2 aromatic carbocycles. The standard InChI is InChI=1S/C28H27F2N5O/c1-16-10-18(12-20(29)11-16)17(2)27(35-8-6-22(32)7-9-35)26-25(33-3)5-4-24(34-26)23-14-21(30)13-19(15-31)28(23)36/h4-5,10-14,22,36H,3,6-9,32H2,1-2H3/b27-17-. The number of nitriles is 1. The van der Waals surface area contributed by atoms with Crippen LogP contribution in [-0.4, -0.2) is 40.8 Å². The number of aromatic hydroxyl groups is 1. The van der Waals surface area contributed by atoms with Crippen LogP contribution in [-0.2, 0) is 0 Å². The van der Waals surface area contributed by atoms with Crippen LogP contribution in [0.1, 0.15) is 42.1 Å². The Labute approximate surface area is 209 Å². The largest absolute Gasteiger partial charge is 0.506 e. The van der Waals surface area contributed by atoms with E-state index in [0.717, 1.165) is 41.8 Å². The molecule has 1 aliphatic rings. The number of nitrogens with two attached hydrogens (primary N) is 1. The fraction of sp³-hybridized carbons (Fsp3) is 0.250. The summed E-state index contributed by atoms with van der Waals surface area (Å²) >= 11 is 0. The highest BCUT2D eigenvalue weighted by molar-refractivity contribution is 5.92. The van der Waals surface area contributed by atoms with Gasteiger partial charge in [0, 0.05) is 24.7 Å². The van der Waals surface area contributed by atoms with E-state index in [1.807, 2.05) is 19.9 Å². The molecule has 6 nitrogen and oxygen atoms in total. The molecule has 184 valence electrons. The van der Waals surface area contributed by atoms with E-state index in [1.54, 1.807) is 18.2 Å². The highest BCUT2D eigenvalue weighted by Gasteiger charge is 2.25. The van der Waals surface area contributed by atoms with Crippen LogP contribution < -0.4 is 5.73 Å². The number of likely N-dealkylation sites (tertiary alicyclic amines) is 1. The maximum Gasteiger partial charge on any atom is 0.142 e. The van der Waals surface area contributed by atoms with Crippen LogP contribution in [0.25, 0.3) is 22.5 Å². The molecule has 1 aliphatic heterocycles. The Morgan fingerprint density at radius 3 is 2.50 bits per heavy atom. The number of piperidine rings is 1. The first kappa shape index (κ1) is 25.0. The number of phenols is 1. The highest BCUT2D eigenvalue weighted by Crippen LogP contribution is 2.39. The molecule has 1 aromatic heterocycles. The Hall–Kier alpha value is -4.09. The Kier molecular flexibility index (Phi) is 7.13. The summed E-state index contributed by atoms with van der Waals surface area (Å²) < 4.78 is 28.6. The third-order valence-corrected chi connectivity index (χ3v) is 6.43. The fourth-order valence-electron chi connectivity index (χ4n) is 4.56. The average Bonchev–Trinajstić information content (AvgIpc) is 2.85. The number of phenolic OH excluding ortho intramolecular Hbond substituents is 1. The molecule has 1 fully saturated rings. The van der Waals surface area contributed by atoms with E-state index in [0.29, 0.717) is 30.0 Å². The zero-order chi connectivity index (χ0) is 26.0. The van der Waals surface area contributed by atoms with Crippen molar-refractivity contribution in [3.63, 3.8) is 0 Å². The number of benzene rings is 2. The maximum atomic E-state index is 14.3. The smallest absolute Gasteiger partial charge is 0.142 e. The van der Waals surface area contributed by atoms with Crippen LogP contribution in [0.15, 0.2) is 47.5 Å². The number of rotatable bonds is 5. The molecule has 3 N–H and O–H groups in total. The van der Waals surface area contributed by atoms with Crippen LogP contribution in [0.3, 0.4) is 0 Å². The number of nitrogens with zero attached hydrogens (tertiary/aromatic N) is 4. The van der Waals surface area contributed by atoms with E-state index in [1.165, 1.54) is 12.1 Å². The lowest BCUT2D eigenvalue weighted by atomic mass is 9.97. The second-order valence-corrected chi connectivity index (χ2v) is 9.00. The van der Waals surface area contributed by atoms with Gasteiger partial charge in [0.1, 0.15) is 29.1 Å². The maximum absolute atomic E-state index is 14.3. The molecule has 0 bridgehead atoms. The summed E-state index contributed by atoms with van der Waals surface area (Å²) in [7, 11) is 0. The van der Waals surface area contributed by atoms with E-state index in [-0.39, 0.29) is 34.4 Å². The topological polar surface area (TPSA) is 98.5 Å². The summed E-state index contributed by atoms with van der Waals surface area (Å²) in [4.78, 5) is 11.1. The first-order valence-electron chi connectivity index (χ1n) is 11.6. The molecular weight excluding hydrogens is 460 g/mol. The number of halogens is 2. The van der Waals surface area contributed by atoms with Crippen LogP contribution in [0, 0.1) is 29.9 Å².